The Balaban J connectivity index is 1.97. The number of hydrogen-bond donors (Lipinski definition) is 1. The molecule has 1 aliphatic rings. The molecule has 16 heavy (non-hydrogen) atoms. The monoisotopic (exact) mass is 235 g/mol. The molecule has 0 saturated heterocycles. The lowest BCUT2D eigenvalue weighted by Crippen LogP contribution is -2.17. The van der Waals surface area contributed by atoms with Crippen molar-refractivity contribution in [1.29, 1.82) is 0 Å². The van der Waals surface area contributed by atoms with E-state index in [4.69, 9.17) is 0 Å². The molecule has 2 unspecified atom stereocenters. The molecule has 1 N–H and O–H groups in total. The first kappa shape index (κ1) is 11.8. The summed E-state index contributed by atoms with van der Waals surface area (Å²) in [5.74, 6) is 0. The van der Waals surface area contributed by atoms with E-state index < -0.39 is 0 Å². The van der Waals surface area contributed by atoms with Crippen molar-refractivity contribution in [1.82, 2.24) is 0 Å². The molecular weight excluding hydrogens is 214 g/mol. The van der Waals surface area contributed by atoms with E-state index in [1.54, 1.807) is 0 Å². The number of aryl methyl sites for hydroxylation is 1. The fourth-order valence-electron chi connectivity index (χ4n) is 2.09. The van der Waals surface area contributed by atoms with E-state index in [2.05, 4.69) is 55.2 Å². The Kier molecular flexibility index (Phi) is 4.16. The number of anilines is 1. The fraction of sp³-hybridized carbons (Fsp3) is 0.571. The first-order valence-electron chi connectivity index (χ1n) is 6.27. The van der Waals surface area contributed by atoms with Crippen molar-refractivity contribution in [3.05, 3.63) is 29.8 Å². The maximum absolute atomic E-state index is 3.58. The highest BCUT2D eigenvalue weighted by atomic mass is 32.2. The van der Waals surface area contributed by atoms with Crippen LogP contribution in [0.1, 0.15) is 32.3 Å². The largest absolute Gasteiger partial charge is 0.384 e. The molecule has 0 aromatic heterocycles. The zero-order valence-corrected chi connectivity index (χ0v) is 11.0. The minimum atomic E-state index is 0.766. The number of benzene rings is 1. The molecule has 0 radical (unpaired) electrons. The van der Waals surface area contributed by atoms with Gasteiger partial charge in [-0.05, 0) is 30.9 Å². The van der Waals surface area contributed by atoms with Gasteiger partial charge in [-0.1, -0.05) is 32.0 Å². The predicted molar refractivity (Wildman–Crippen MR) is 74.4 cm³/mol. The van der Waals surface area contributed by atoms with E-state index >= 15 is 0 Å². The van der Waals surface area contributed by atoms with E-state index in [1.165, 1.54) is 30.5 Å². The first-order valence-corrected chi connectivity index (χ1v) is 7.21. The number of nitrogens with one attached hydrogen (secondary N) is 1. The lowest BCUT2D eigenvalue weighted by molar-refractivity contribution is 0.790. The van der Waals surface area contributed by atoms with Gasteiger partial charge in [-0.25, -0.2) is 0 Å². The SMILES string of the molecule is CCC(C)SC1CCc2ccccc2NC1. The van der Waals surface area contributed by atoms with Gasteiger partial charge in [0.05, 0.1) is 0 Å². The average molecular weight is 235 g/mol. The van der Waals surface area contributed by atoms with Gasteiger partial charge in [0, 0.05) is 22.7 Å². The number of thioether (sulfide) groups is 1. The summed E-state index contributed by atoms with van der Waals surface area (Å²) in [4.78, 5) is 0. The van der Waals surface area contributed by atoms with Gasteiger partial charge in [-0.15, -0.1) is 0 Å². The van der Waals surface area contributed by atoms with Gasteiger partial charge in [-0.2, -0.15) is 11.8 Å². The molecule has 0 amide bonds. The molecular formula is C14H21NS. The van der Waals surface area contributed by atoms with Crippen LogP contribution in [-0.2, 0) is 6.42 Å². The van der Waals surface area contributed by atoms with Crippen LogP contribution in [-0.4, -0.2) is 17.0 Å². The highest BCUT2D eigenvalue weighted by Gasteiger charge is 2.17. The highest BCUT2D eigenvalue weighted by molar-refractivity contribution is 8.00. The molecule has 0 spiro atoms. The van der Waals surface area contributed by atoms with Crippen molar-refractivity contribution >= 4 is 17.4 Å². The van der Waals surface area contributed by atoms with E-state index in [0.29, 0.717) is 0 Å². The second-order valence-electron chi connectivity index (χ2n) is 4.55. The lowest BCUT2D eigenvalue weighted by atomic mass is 10.1. The Morgan fingerprint density at radius 3 is 3.06 bits per heavy atom. The van der Waals surface area contributed by atoms with Crippen molar-refractivity contribution in [2.45, 2.75) is 43.6 Å². The molecule has 88 valence electrons. The summed E-state index contributed by atoms with van der Waals surface area (Å²) in [5, 5.41) is 5.14. The van der Waals surface area contributed by atoms with Crippen LogP contribution in [0.4, 0.5) is 5.69 Å². The van der Waals surface area contributed by atoms with Crippen LogP contribution in [0.25, 0.3) is 0 Å². The Labute approximate surface area is 103 Å². The van der Waals surface area contributed by atoms with Gasteiger partial charge in [0.15, 0.2) is 0 Å². The van der Waals surface area contributed by atoms with Crippen molar-refractivity contribution in [3.63, 3.8) is 0 Å². The summed E-state index contributed by atoms with van der Waals surface area (Å²) in [7, 11) is 0. The quantitative estimate of drug-likeness (QED) is 0.851. The molecule has 0 bridgehead atoms. The topological polar surface area (TPSA) is 12.0 Å². The minimum Gasteiger partial charge on any atom is -0.384 e. The Hall–Kier alpha value is -0.630. The first-order chi connectivity index (χ1) is 7.79. The molecule has 2 rings (SSSR count). The normalized spacial score (nSPS) is 21.8. The Bertz CT molecular complexity index is 310. The lowest BCUT2D eigenvalue weighted by Gasteiger charge is -2.18. The second kappa shape index (κ2) is 5.62. The third kappa shape index (κ3) is 2.94. The van der Waals surface area contributed by atoms with Crippen LogP contribution in [0.15, 0.2) is 24.3 Å². The average Bonchev–Trinajstić information content (AvgIpc) is 2.52. The molecule has 1 aromatic carbocycles. The van der Waals surface area contributed by atoms with Gasteiger partial charge >= 0.3 is 0 Å². The van der Waals surface area contributed by atoms with Crippen molar-refractivity contribution < 1.29 is 0 Å². The number of hydrogen-bond acceptors (Lipinski definition) is 2. The highest BCUT2D eigenvalue weighted by Crippen LogP contribution is 2.29. The summed E-state index contributed by atoms with van der Waals surface area (Å²) in [5.41, 5.74) is 2.82. The van der Waals surface area contributed by atoms with Crippen molar-refractivity contribution in [2.24, 2.45) is 0 Å². The van der Waals surface area contributed by atoms with Crippen LogP contribution in [0, 0.1) is 0 Å². The summed E-state index contributed by atoms with van der Waals surface area (Å²) in [6.45, 7) is 5.73. The maximum Gasteiger partial charge on any atom is 0.0373 e. The molecule has 0 aliphatic carbocycles. The van der Waals surface area contributed by atoms with E-state index in [0.717, 1.165) is 17.0 Å². The van der Waals surface area contributed by atoms with E-state index in [1.807, 2.05) is 0 Å². The van der Waals surface area contributed by atoms with Crippen molar-refractivity contribution in [3.8, 4) is 0 Å². The van der Waals surface area contributed by atoms with Gasteiger partial charge in [-0.3, -0.25) is 0 Å². The number of para-hydroxylation sites is 1. The summed E-state index contributed by atoms with van der Waals surface area (Å²) in [6, 6.07) is 8.71. The Morgan fingerprint density at radius 1 is 1.44 bits per heavy atom. The standard InChI is InChI=1S/C14H21NS/c1-3-11(2)16-13-9-8-12-6-4-5-7-14(12)15-10-13/h4-7,11,13,15H,3,8-10H2,1-2H3. The Morgan fingerprint density at radius 2 is 2.25 bits per heavy atom. The summed E-state index contributed by atoms with van der Waals surface area (Å²) < 4.78 is 0. The molecule has 2 heteroatoms. The number of fused-ring (bicyclic) bond motifs is 1. The predicted octanol–water partition coefficient (Wildman–Crippen LogP) is 3.95. The smallest absolute Gasteiger partial charge is 0.0373 e. The van der Waals surface area contributed by atoms with Gasteiger partial charge in [0.2, 0.25) is 0 Å². The van der Waals surface area contributed by atoms with Crippen molar-refractivity contribution in [2.75, 3.05) is 11.9 Å². The summed E-state index contributed by atoms with van der Waals surface area (Å²) >= 11 is 2.14. The van der Waals surface area contributed by atoms with E-state index in [9.17, 15) is 0 Å². The molecule has 2 atom stereocenters. The molecule has 0 fully saturated rings. The summed E-state index contributed by atoms with van der Waals surface area (Å²) in [6.07, 6.45) is 3.80. The number of rotatable bonds is 3. The van der Waals surface area contributed by atoms with Crippen LogP contribution in [0.2, 0.25) is 0 Å². The van der Waals surface area contributed by atoms with Crippen LogP contribution < -0.4 is 5.32 Å². The zero-order chi connectivity index (χ0) is 11.4. The zero-order valence-electron chi connectivity index (χ0n) is 10.2. The van der Waals surface area contributed by atoms with Crippen LogP contribution in [0.3, 0.4) is 0 Å². The third-order valence-electron chi connectivity index (χ3n) is 3.27. The van der Waals surface area contributed by atoms with Crippen LogP contribution >= 0.6 is 11.8 Å². The maximum atomic E-state index is 3.58. The molecule has 0 saturated carbocycles. The molecule has 1 nitrogen and oxygen atoms in total. The van der Waals surface area contributed by atoms with Crippen LogP contribution in [0.5, 0.6) is 0 Å². The fourth-order valence-corrected chi connectivity index (χ4v) is 3.38. The molecule has 1 heterocycles. The van der Waals surface area contributed by atoms with Gasteiger partial charge in [0.1, 0.15) is 0 Å². The third-order valence-corrected chi connectivity index (χ3v) is 4.86. The minimum absolute atomic E-state index is 0.766. The van der Waals surface area contributed by atoms with Gasteiger partial charge in [0.25, 0.3) is 0 Å². The second-order valence-corrected chi connectivity index (χ2v) is 6.30. The van der Waals surface area contributed by atoms with Gasteiger partial charge < -0.3 is 5.32 Å². The molecule has 1 aromatic rings. The van der Waals surface area contributed by atoms with E-state index in [-0.39, 0.29) is 0 Å². The molecule has 1 aliphatic heterocycles.